The summed E-state index contributed by atoms with van der Waals surface area (Å²) in [6.45, 7) is 2.49. The SMILES string of the molecule is CCCN(C(=O)c1cn(-c2ccccc2)nc1-c1ccc(OC)cc1)[C@@H]1CCS(=O)(=O)C1. The van der Waals surface area contributed by atoms with Crippen molar-refractivity contribution in [2.75, 3.05) is 25.2 Å². The lowest BCUT2D eigenvalue weighted by molar-refractivity contribution is 0.0698. The van der Waals surface area contributed by atoms with Gasteiger partial charge in [0.2, 0.25) is 0 Å². The van der Waals surface area contributed by atoms with Crippen LogP contribution < -0.4 is 4.74 Å². The van der Waals surface area contributed by atoms with Crippen LogP contribution in [0.25, 0.3) is 16.9 Å². The van der Waals surface area contributed by atoms with E-state index in [4.69, 9.17) is 9.84 Å². The van der Waals surface area contributed by atoms with E-state index in [0.717, 1.165) is 17.7 Å². The number of rotatable bonds is 7. The van der Waals surface area contributed by atoms with Crippen molar-refractivity contribution in [2.45, 2.75) is 25.8 Å². The predicted octanol–water partition coefficient (Wildman–Crippen LogP) is 3.59. The Hall–Kier alpha value is -3.13. The summed E-state index contributed by atoms with van der Waals surface area (Å²) < 4.78 is 31.1. The summed E-state index contributed by atoms with van der Waals surface area (Å²) in [5, 5.41) is 4.74. The summed E-state index contributed by atoms with van der Waals surface area (Å²) in [4.78, 5) is 15.5. The highest BCUT2D eigenvalue weighted by molar-refractivity contribution is 7.91. The Kier molecular flexibility index (Phi) is 6.32. The first-order chi connectivity index (χ1) is 15.4. The van der Waals surface area contributed by atoms with E-state index in [0.29, 0.717) is 30.0 Å². The van der Waals surface area contributed by atoms with Crippen LogP contribution in [-0.2, 0) is 9.84 Å². The molecule has 1 saturated heterocycles. The molecule has 1 amide bonds. The van der Waals surface area contributed by atoms with Crippen molar-refractivity contribution < 1.29 is 17.9 Å². The van der Waals surface area contributed by atoms with Gasteiger partial charge < -0.3 is 9.64 Å². The average Bonchev–Trinajstić information content (AvgIpc) is 3.41. The number of carbonyl (C=O) groups is 1. The number of ether oxygens (including phenoxy) is 1. The lowest BCUT2D eigenvalue weighted by Gasteiger charge is -2.27. The van der Waals surface area contributed by atoms with Crippen LogP contribution in [-0.4, -0.2) is 60.2 Å². The minimum atomic E-state index is -3.11. The lowest BCUT2D eigenvalue weighted by atomic mass is 10.1. The van der Waals surface area contributed by atoms with Gasteiger partial charge in [-0.05, 0) is 49.2 Å². The summed E-state index contributed by atoms with van der Waals surface area (Å²) in [5.41, 5.74) is 2.64. The number of para-hydroxylation sites is 1. The zero-order valence-corrected chi connectivity index (χ0v) is 19.1. The molecule has 1 aliphatic heterocycles. The molecule has 7 nitrogen and oxygen atoms in total. The molecule has 8 heteroatoms. The Balaban J connectivity index is 1.78. The van der Waals surface area contributed by atoms with Gasteiger partial charge in [-0.1, -0.05) is 25.1 Å². The molecule has 168 valence electrons. The third-order valence-corrected chi connectivity index (χ3v) is 7.45. The molecule has 1 atom stereocenters. The largest absolute Gasteiger partial charge is 0.497 e. The van der Waals surface area contributed by atoms with Gasteiger partial charge in [0.25, 0.3) is 5.91 Å². The number of carbonyl (C=O) groups excluding carboxylic acids is 1. The van der Waals surface area contributed by atoms with Crippen LogP contribution in [0.3, 0.4) is 0 Å². The van der Waals surface area contributed by atoms with Crippen LogP contribution >= 0.6 is 0 Å². The number of methoxy groups -OCH3 is 1. The molecule has 3 aromatic rings. The Morgan fingerprint density at radius 2 is 1.88 bits per heavy atom. The van der Waals surface area contributed by atoms with E-state index in [-0.39, 0.29) is 23.5 Å². The molecule has 2 heterocycles. The molecule has 0 N–H and O–H groups in total. The Labute approximate surface area is 188 Å². The van der Waals surface area contributed by atoms with Gasteiger partial charge in [0.1, 0.15) is 11.4 Å². The molecule has 0 radical (unpaired) electrons. The van der Waals surface area contributed by atoms with Crippen LogP contribution in [0, 0.1) is 0 Å². The van der Waals surface area contributed by atoms with E-state index in [1.165, 1.54) is 0 Å². The second-order valence-corrected chi connectivity index (χ2v) is 10.2. The molecule has 1 aliphatic rings. The fraction of sp³-hybridized carbons (Fsp3) is 0.333. The molecule has 0 saturated carbocycles. The summed E-state index contributed by atoms with van der Waals surface area (Å²) in [5.74, 6) is 0.665. The van der Waals surface area contributed by atoms with Gasteiger partial charge in [-0.15, -0.1) is 0 Å². The molecular formula is C24H27N3O4S. The van der Waals surface area contributed by atoms with Crippen molar-refractivity contribution in [3.63, 3.8) is 0 Å². The van der Waals surface area contributed by atoms with Gasteiger partial charge in [-0.3, -0.25) is 4.79 Å². The molecule has 32 heavy (non-hydrogen) atoms. The monoisotopic (exact) mass is 453 g/mol. The first kappa shape index (κ1) is 22.1. The highest BCUT2D eigenvalue weighted by Crippen LogP contribution is 2.29. The minimum Gasteiger partial charge on any atom is -0.497 e. The van der Waals surface area contributed by atoms with Crippen LogP contribution in [0.15, 0.2) is 60.8 Å². The van der Waals surface area contributed by atoms with Crippen molar-refractivity contribution >= 4 is 15.7 Å². The highest BCUT2D eigenvalue weighted by Gasteiger charge is 2.36. The van der Waals surface area contributed by atoms with E-state index in [9.17, 15) is 13.2 Å². The molecule has 0 spiro atoms. The average molecular weight is 454 g/mol. The number of nitrogens with zero attached hydrogens (tertiary/aromatic N) is 3. The zero-order chi connectivity index (χ0) is 22.7. The number of aromatic nitrogens is 2. The molecule has 1 fully saturated rings. The molecule has 0 bridgehead atoms. The second-order valence-electron chi connectivity index (χ2n) is 7.96. The zero-order valence-electron chi connectivity index (χ0n) is 18.3. The number of hydrogen-bond acceptors (Lipinski definition) is 5. The van der Waals surface area contributed by atoms with E-state index in [1.807, 2.05) is 61.5 Å². The van der Waals surface area contributed by atoms with E-state index >= 15 is 0 Å². The summed E-state index contributed by atoms with van der Waals surface area (Å²) in [6.07, 6.45) is 2.95. The smallest absolute Gasteiger partial charge is 0.257 e. The first-order valence-electron chi connectivity index (χ1n) is 10.7. The maximum absolute atomic E-state index is 13.7. The third kappa shape index (κ3) is 4.55. The maximum atomic E-state index is 13.7. The highest BCUT2D eigenvalue weighted by atomic mass is 32.2. The normalized spacial score (nSPS) is 17.2. The number of amides is 1. The van der Waals surface area contributed by atoms with Gasteiger partial charge >= 0.3 is 0 Å². The van der Waals surface area contributed by atoms with Crippen molar-refractivity contribution in [1.82, 2.24) is 14.7 Å². The van der Waals surface area contributed by atoms with Gasteiger partial charge in [0.15, 0.2) is 9.84 Å². The third-order valence-electron chi connectivity index (χ3n) is 5.70. The van der Waals surface area contributed by atoms with Crippen molar-refractivity contribution in [2.24, 2.45) is 0 Å². The van der Waals surface area contributed by atoms with Crippen molar-refractivity contribution in [3.8, 4) is 22.7 Å². The molecule has 2 aromatic carbocycles. The van der Waals surface area contributed by atoms with Crippen LogP contribution in [0.5, 0.6) is 5.75 Å². The molecule has 0 unspecified atom stereocenters. The van der Waals surface area contributed by atoms with Crippen LogP contribution in [0.2, 0.25) is 0 Å². The van der Waals surface area contributed by atoms with Gasteiger partial charge in [0, 0.05) is 24.3 Å². The topological polar surface area (TPSA) is 81.5 Å². The Morgan fingerprint density at radius 3 is 2.47 bits per heavy atom. The molecular weight excluding hydrogens is 426 g/mol. The van der Waals surface area contributed by atoms with Crippen molar-refractivity contribution in [3.05, 3.63) is 66.4 Å². The molecule has 1 aromatic heterocycles. The first-order valence-corrected chi connectivity index (χ1v) is 12.5. The fourth-order valence-electron chi connectivity index (χ4n) is 4.07. The van der Waals surface area contributed by atoms with Crippen molar-refractivity contribution in [1.29, 1.82) is 0 Å². The van der Waals surface area contributed by atoms with Gasteiger partial charge in [-0.25, -0.2) is 13.1 Å². The maximum Gasteiger partial charge on any atom is 0.257 e. The Bertz CT molecular complexity index is 1190. The standard InChI is InChI=1S/C24H27N3O4S/c1-3-14-26(20-13-15-32(29,30)17-20)24(28)22-16-27(19-7-5-4-6-8-19)25-23(22)18-9-11-21(31-2)12-10-18/h4-12,16,20H,3,13-15,17H2,1-2H3/t20-/m1/s1. The number of hydrogen-bond donors (Lipinski definition) is 0. The second kappa shape index (κ2) is 9.16. The predicted molar refractivity (Wildman–Crippen MR) is 124 cm³/mol. The quantitative estimate of drug-likeness (QED) is 0.546. The van der Waals surface area contributed by atoms with E-state index in [1.54, 1.807) is 22.9 Å². The summed E-state index contributed by atoms with van der Waals surface area (Å²) in [6, 6.07) is 16.7. The lowest BCUT2D eigenvalue weighted by Crippen LogP contribution is -2.41. The Morgan fingerprint density at radius 1 is 1.16 bits per heavy atom. The minimum absolute atomic E-state index is 0.0173. The number of benzene rings is 2. The number of sulfone groups is 1. The fourth-order valence-corrected chi connectivity index (χ4v) is 5.80. The molecule has 0 aliphatic carbocycles. The van der Waals surface area contributed by atoms with Crippen LogP contribution in [0.1, 0.15) is 30.1 Å². The molecule has 4 rings (SSSR count). The summed E-state index contributed by atoms with van der Waals surface area (Å²) >= 11 is 0. The van der Waals surface area contributed by atoms with Gasteiger partial charge in [-0.2, -0.15) is 5.10 Å². The van der Waals surface area contributed by atoms with E-state index in [2.05, 4.69) is 0 Å². The van der Waals surface area contributed by atoms with Gasteiger partial charge in [0.05, 0.1) is 29.9 Å². The van der Waals surface area contributed by atoms with Crippen LogP contribution in [0.4, 0.5) is 0 Å². The summed E-state index contributed by atoms with van der Waals surface area (Å²) in [7, 11) is -1.51. The van der Waals surface area contributed by atoms with E-state index < -0.39 is 9.84 Å².